The van der Waals surface area contributed by atoms with Gasteiger partial charge in [0.05, 0.1) is 0 Å². The van der Waals surface area contributed by atoms with Gasteiger partial charge in [0.25, 0.3) is 0 Å². The number of hydrogen-bond donors (Lipinski definition) is 0. The van der Waals surface area contributed by atoms with Gasteiger partial charge in [0.2, 0.25) is 0 Å². The highest BCUT2D eigenvalue weighted by molar-refractivity contribution is 6.58. The Bertz CT molecular complexity index is 608. The molecule has 2 aliphatic rings. The Morgan fingerprint density at radius 2 is 1.43 bits per heavy atom. The Labute approximate surface area is 183 Å². The first-order chi connectivity index (χ1) is 14.6. The number of halogens is 3. The molecule has 0 N–H and O–H groups in total. The zero-order valence-electron chi connectivity index (χ0n) is 18.9. The van der Waals surface area contributed by atoms with Crippen LogP contribution in [0.1, 0.15) is 89.5 Å². The molecule has 1 saturated carbocycles. The molecule has 1 heterocycles. The molecule has 4 heteroatoms. The first-order valence-corrected chi connectivity index (χ1v) is 15.1. The van der Waals surface area contributed by atoms with E-state index in [-0.39, 0.29) is 8.80 Å². The summed E-state index contributed by atoms with van der Waals surface area (Å²) in [4.78, 5) is 0. The fraction of sp³-hybridized carbons (Fsp3) is 0.769. The van der Waals surface area contributed by atoms with Crippen LogP contribution >= 0.6 is 0 Å². The summed E-state index contributed by atoms with van der Waals surface area (Å²) in [7, 11) is -0.385. The van der Waals surface area contributed by atoms with Gasteiger partial charge in [0.1, 0.15) is 0 Å². The lowest BCUT2D eigenvalue weighted by Gasteiger charge is -2.37. The van der Waals surface area contributed by atoms with Crippen molar-refractivity contribution in [2.45, 2.75) is 109 Å². The molecule has 2 fully saturated rings. The lowest BCUT2D eigenvalue weighted by molar-refractivity contribution is 0.184. The number of unbranched alkanes of at least 4 members (excludes halogenated alkanes) is 3. The summed E-state index contributed by atoms with van der Waals surface area (Å²) in [5.41, 5.74) is 0.573. The zero-order chi connectivity index (χ0) is 21.3. The fourth-order valence-electron chi connectivity index (χ4n) is 6.09. The standard InChI is InChI=1S/C26H41F3Si/c1-2-3-6-15-30-16-13-23(14-17-30)22-11-9-20(10-12-22)7-4-5-8-21-18-24(27)26(29)25(28)19-21/h18-20,22-23,30H,2-17H2,1H3. The van der Waals surface area contributed by atoms with E-state index < -0.39 is 17.5 Å². The van der Waals surface area contributed by atoms with Crippen molar-refractivity contribution in [1.29, 1.82) is 0 Å². The third kappa shape index (κ3) is 7.14. The van der Waals surface area contributed by atoms with Crippen LogP contribution in [0.15, 0.2) is 12.1 Å². The van der Waals surface area contributed by atoms with Gasteiger partial charge >= 0.3 is 0 Å². The van der Waals surface area contributed by atoms with Crippen LogP contribution in [0.25, 0.3) is 0 Å². The maximum absolute atomic E-state index is 13.3. The highest BCUT2D eigenvalue weighted by Gasteiger charge is 2.30. The molecule has 0 bridgehead atoms. The summed E-state index contributed by atoms with van der Waals surface area (Å²) in [6, 6.07) is 7.11. The summed E-state index contributed by atoms with van der Waals surface area (Å²) >= 11 is 0. The SMILES string of the molecule is CCCCC[SiH]1CCC(C2CCC(CCCCc3cc(F)c(F)c(F)c3)CC2)CC1. The third-order valence-electron chi connectivity index (χ3n) is 8.04. The van der Waals surface area contributed by atoms with Crippen molar-refractivity contribution in [3.05, 3.63) is 35.1 Å². The van der Waals surface area contributed by atoms with Crippen LogP contribution in [-0.2, 0) is 6.42 Å². The van der Waals surface area contributed by atoms with Gasteiger partial charge in [-0.05, 0) is 61.1 Å². The van der Waals surface area contributed by atoms with Gasteiger partial charge in [-0.15, -0.1) is 0 Å². The van der Waals surface area contributed by atoms with E-state index in [0.717, 1.165) is 42.7 Å². The van der Waals surface area contributed by atoms with Crippen LogP contribution in [0.5, 0.6) is 0 Å². The maximum Gasteiger partial charge on any atom is 0.194 e. The number of hydrogen-bond acceptors (Lipinski definition) is 0. The van der Waals surface area contributed by atoms with Crippen LogP contribution in [0, 0.1) is 35.2 Å². The topological polar surface area (TPSA) is 0 Å². The lowest BCUT2D eigenvalue weighted by Crippen LogP contribution is -2.28. The Hall–Kier alpha value is -0.773. The van der Waals surface area contributed by atoms with E-state index in [9.17, 15) is 13.2 Å². The number of benzene rings is 1. The molecule has 1 aromatic rings. The highest BCUT2D eigenvalue weighted by atomic mass is 28.3. The molecular weight excluding hydrogens is 397 g/mol. The van der Waals surface area contributed by atoms with Crippen LogP contribution in [0.3, 0.4) is 0 Å². The molecule has 0 unspecified atom stereocenters. The Morgan fingerprint density at radius 1 is 0.800 bits per heavy atom. The van der Waals surface area contributed by atoms with Crippen molar-refractivity contribution in [2.75, 3.05) is 0 Å². The van der Waals surface area contributed by atoms with E-state index in [2.05, 4.69) is 6.92 Å². The molecule has 0 aromatic heterocycles. The van der Waals surface area contributed by atoms with E-state index >= 15 is 0 Å². The van der Waals surface area contributed by atoms with Gasteiger partial charge < -0.3 is 0 Å². The predicted molar refractivity (Wildman–Crippen MR) is 123 cm³/mol. The minimum absolute atomic E-state index is 0.385. The van der Waals surface area contributed by atoms with Crippen molar-refractivity contribution in [3.8, 4) is 0 Å². The largest absolute Gasteiger partial charge is 0.204 e. The maximum atomic E-state index is 13.3. The minimum atomic E-state index is -1.36. The molecule has 0 spiro atoms. The number of rotatable bonds is 10. The van der Waals surface area contributed by atoms with E-state index in [4.69, 9.17) is 0 Å². The molecule has 0 radical (unpaired) electrons. The smallest absolute Gasteiger partial charge is 0.194 e. The predicted octanol–water partition coefficient (Wildman–Crippen LogP) is 8.45. The minimum Gasteiger partial charge on any atom is -0.204 e. The van der Waals surface area contributed by atoms with Crippen LogP contribution in [-0.4, -0.2) is 8.80 Å². The van der Waals surface area contributed by atoms with Crippen molar-refractivity contribution in [1.82, 2.24) is 0 Å². The Morgan fingerprint density at radius 3 is 2.07 bits per heavy atom. The second kappa shape index (κ2) is 12.3. The van der Waals surface area contributed by atoms with E-state index in [0.29, 0.717) is 12.0 Å². The fourth-order valence-corrected chi connectivity index (χ4v) is 9.63. The summed E-state index contributed by atoms with van der Waals surface area (Å²) in [6.45, 7) is 2.31. The van der Waals surface area contributed by atoms with Crippen LogP contribution < -0.4 is 0 Å². The van der Waals surface area contributed by atoms with Crippen LogP contribution in [0.4, 0.5) is 13.2 Å². The molecule has 170 valence electrons. The normalized spacial score (nSPS) is 27.3. The molecule has 0 nitrogen and oxygen atoms in total. The average molecular weight is 439 g/mol. The number of aryl methyl sites for hydroxylation is 1. The molecule has 0 amide bonds. The monoisotopic (exact) mass is 438 g/mol. The second-order valence-electron chi connectivity index (χ2n) is 10.2. The van der Waals surface area contributed by atoms with Crippen LogP contribution in [0.2, 0.25) is 18.1 Å². The Kier molecular flexibility index (Phi) is 9.80. The molecule has 0 atom stereocenters. The van der Waals surface area contributed by atoms with Crippen molar-refractivity contribution < 1.29 is 13.2 Å². The van der Waals surface area contributed by atoms with Gasteiger partial charge in [0, 0.05) is 8.80 Å². The molecule has 30 heavy (non-hydrogen) atoms. The molecule has 1 saturated heterocycles. The van der Waals surface area contributed by atoms with E-state index in [1.165, 1.54) is 64.2 Å². The van der Waals surface area contributed by atoms with Gasteiger partial charge in [0.15, 0.2) is 17.5 Å². The quantitative estimate of drug-likeness (QED) is 0.195. The Balaban J connectivity index is 1.28. The van der Waals surface area contributed by atoms with Gasteiger partial charge in [-0.25, -0.2) is 13.2 Å². The highest BCUT2D eigenvalue weighted by Crippen LogP contribution is 2.42. The lowest BCUT2D eigenvalue weighted by atomic mass is 9.73. The first kappa shape index (κ1) is 23.9. The molecule has 1 aromatic carbocycles. The van der Waals surface area contributed by atoms with Crippen molar-refractivity contribution in [2.24, 2.45) is 17.8 Å². The third-order valence-corrected chi connectivity index (χ3v) is 11.6. The summed E-state index contributed by atoms with van der Waals surface area (Å²) in [5.74, 6) is -0.659. The van der Waals surface area contributed by atoms with Gasteiger partial charge in [-0.3, -0.25) is 0 Å². The summed E-state index contributed by atoms with van der Waals surface area (Å²) in [5, 5.41) is 0. The molecular formula is C26H41F3Si. The van der Waals surface area contributed by atoms with E-state index in [1.54, 1.807) is 18.1 Å². The van der Waals surface area contributed by atoms with Crippen molar-refractivity contribution >= 4 is 8.80 Å². The zero-order valence-corrected chi connectivity index (χ0v) is 20.1. The average Bonchev–Trinajstić information content (AvgIpc) is 2.76. The molecule has 3 rings (SSSR count). The summed E-state index contributed by atoms with van der Waals surface area (Å²) in [6.07, 6.45) is 16.8. The first-order valence-electron chi connectivity index (χ1n) is 12.7. The van der Waals surface area contributed by atoms with Gasteiger partial charge in [-0.2, -0.15) is 0 Å². The second-order valence-corrected chi connectivity index (χ2v) is 13.6. The van der Waals surface area contributed by atoms with Gasteiger partial charge in [-0.1, -0.05) is 82.8 Å². The van der Waals surface area contributed by atoms with E-state index in [1.807, 2.05) is 0 Å². The van der Waals surface area contributed by atoms with Crippen molar-refractivity contribution in [3.63, 3.8) is 0 Å². The summed E-state index contributed by atoms with van der Waals surface area (Å²) < 4.78 is 39.7. The molecule has 1 aliphatic carbocycles. The molecule has 1 aliphatic heterocycles.